The van der Waals surface area contributed by atoms with Crippen LogP contribution < -0.4 is 0 Å². The molecule has 0 saturated heterocycles. The van der Waals surface area contributed by atoms with E-state index >= 15 is 0 Å². The summed E-state index contributed by atoms with van der Waals surface area (Å²) in [6.07, 6.45) is 20.9. The van der Waals surface area contributed by atoms with Crippen LogP contribution in [0.15, 0.2) is 12.2 Å². The fourth-order valence-electron chi connectivity index (χ4n) is 4.17. The lowest BCUT2D eigenvalue weighted by Crippen LogP contribution is -2.06. The number of hydrogen-bond donors (Lipinski definition) is 0. The summed E-state index contributed by atoms with van der Waals surface area (Å²) in [5.41, 5.74) is 0. The lowest BCUT2D eigenvalue weighted by molar-refractivity contribution is 0.393. The first-order valence-electron chi connectivity index (χ1n) is 9.22. The molecule has 3 unspecified atom stereocenters. The molecule has 2 aliphatic rings. The molecule has 0 aliphatic heterocycles. The van der Waals surface area contributed by atoms with Crippen molar-refractivity contribution in [1.82, 2.24) is 0 Å². The van der Waals surface area contributed by atoms with E-state index in [1.807, 2.05) is 0 Å². The van der Waals surface area contributed by atoms with Crippen molar-refractivity contribution in [3.63, 3.8) is 0 Å². The minimum Gasteiger partial charge on any atom is -0.110 e. The van der Waals surface area contributed by atoms with Crippen LogP contribution in [0.3, 0.4) is 0 Å². The monoisotopic (exact) mass is 346 g/mol. The number of hydrogen-bond acceptors (Lipinski definition) is 0. The van der Waals surface area contributed by atoms with Crippen molar-refractivity contribution < 1.29 is 0 Å². The third-order valence-electron chi connectivity index (χ3n) is 5.41. The Bertz CT molecular complexity index is 304. The Balaban J connectivity index is 1.31. The Morgan fingerprint density at radius 1 is 0.857 bits per heavy atom. The van der Waals surface area contributed by atoms with E-state index in [0.717, 1.165) is 17.8 Å². The van der Waals surface area contributed by atoms with Gasteiger partial charge in [-0.05, 0) is 37.0 Å². The highest BCUT2D eigenvalue weighted by atomic mass is 35.5. The summed E-state index contributed by atoms with van der Waals surface area (Å²) in [7, 11) is -0.190. The minimum atomic E-state index is -0.190. The van der Waals surface area contributed by atoms with E-state index in [0.29, 0.717) is 0 Å². The SMILES string of the molecule is ClC(Cl)[SiH2]CCCCCCCCCCC1CC2C=CC1C2. The molecule has 2 bridgehead atoms. The van der Waals surface area contributed by atoms with Gasteiger partial charge >= 0.3 is 0 Å². The quantitative estimate of drug-likeness (QED) is 0.174. The summed E-state index contributed by atoms with van der Waals surface area (Å²) in [6.45, 7) is 0. The Labute approximate surface area is 143 Å². The van der Waals surface area contributed by atoms with Gasteiger partial charge < -0.3 is 0 Å². The maximum Gasteiger partial charge on any atom is 0.0908 e. The molecule has 0 spiro atoms. The molecule has 0 heterocycles. The molecule has 0 aromatic rings. The predicted octanol–water partition coefficient (Wildman–Crippen LogP) is 6.06. The Hall–Kier alpha value is 0.537. The van der Waals surface area contributed by atoms with Crippen LogP contribution in [0.2, 0.25) is 6.04 Å². The summed E-state index contributed by atoms with van der Waals surface area (Å²) in [4.78, 5) is 0. The average molecular weight is 347 g/mol. The topological polar surface area (TPSA) is 0 Å². The summed E-state index contributed by atoms with van der Waals surface area (Å²) in [5.74, 6) is 2.95. The van der Waals surface area contributed by atoms with Gasteiger partial charge in [0.2, 0.25) is 0 Å². The number of rotatable bonds is 12. The molecule has 21 heavy (non-hydrogen) atoms. The second kappa shape index (κ2) is 10.3. The summed E-state index contributed by atoms with van der Waals surface area (Å²) >= 11 is 11.6. The number of halogens is 2. The third-order valence-corrected chi connectivity index (χ3v) is 8.07. The lowest BCUT2D eigenvalue weighted by Gasteiger charge is -2.17. The molecular weight excluding hydrogens is 315 g/mol. The fraction of sp³-hybridized carbons (Fsp3) is 0.889. The van der Waals surface area contributed by atoms with Gasteiger partial charge in [0.15, 0.2) is 0 Å². The Morgan fingerprint density at radius 3 is 2.10 bits per heavy atom. The number of alkyl halides is 2. The molecule has 2 rings (SSSR count). The van der Waals surface area contributed by atoms with Crippen molar-refractivity contribution in [2.45, 2.75) is 81.1 Å². The van der Waals surface area contributed by atoms with Crippen molar-refractivity contribution >= 4 is 32.7 Å². The van der Waals surface area contributed by atoms with Gasteiger partial charge in [-0.1, -0.05) is 69.6 Å². The maximum absolute atomic E-state index is 5.78. The second-order valence-electron chi connectivity index (χ2n) is 7.19. The van der Waals surface area contributed by atoms with Crippen LogP contribution in [0.25, 0.3) is 0 Å². The minimum absolute atomic E-state index is 0.0180. The molecule has 2 aliphatic carbocycles. The maximum atomic E-state index is 5.78. The first-order chi connectivity index (χ1) is 10.3. The van der Waals surface area contributed by atoms with Crippen molar-refractivity contribution in [3.05, 3.63) is 12.2 Å². The standard InChI is InChI=1S/C18H32Cl2Si/c19-18(20)21-12-8-6-4-2-1-3-5-7-9-16-13-15-10-11-17(16)14-15/h10-11,15-18H,1-9,12-14,21H2. The molecule has 0 amide bonds. The molecule has 3 atom stereocenters. The van der Waals surface area contributed by atoms with Gasteiger partial charge in [-0.15, -0.1) is 23.2 Å². The summed E-state index contributed by atoms with van der Waals surface area (Å²) in [6, 6.07) is 1.33. The molecule has 3 heteroatoms. The lowest BCUT2D eigenvalue weighted by atomic mass is 9.88. The molecular formula is C18H32Cl2Si. The van der Waals surface area contributed by atoms with Crippen molar-refractivity contribution in [2.24, 2.45) is 17.8 Å². The fourth-order valence-corrected chi connectivity index (χ4v) is 6.05. The normalized spacial score (nSPS) is 27.7. The number of fused-ring (bicyclic) bond motifs is 2. The third kappa shape index (κ3) is 7.10. The molecule has 0 aromatic carbocycles. The zero-order valence-electron chi connectivity index (χ0n) is 13.4. The highest BCUT2D eigenvalue weighted by molar-refractivity contribution is 6.68. The molecule has 0 aromatic heterocycles. The van der Waals surface area contributed by atoms with E-state index < -0.39 is 0 Å². The smallest absolute Gasteiger partial charge is 0.0908 e. The van der Waals surface area contributed by atoms with E-state index in [9.17, 15) is 0 Å². The summed E-state index contributed by atoms with van der Waals surface area (Å²) < 4.78 is -0.0180. The van der Waals surface area contributed by atoms with E-state index in [1.165, 1.54) is 76.7 Å². The van der Waals surface area contributed by atoms with Gasteiger partial charge in [-0.3, -0.25) is 0 Å². The van der Waals surface area contributed by atoms with Crippen LogP contribution in [0.1, 0.15) is 70.6 Å². The summed E-state index contributed by atoms with van der Waals surface area (Å²) in [5, 5.41) is 0. The highest BCUT2D eigenvalue weighted by Crippen LogP contribution is 2.45. The van der Waals surface area contributed by atoms with Crippen molar-refractivity contribution in [3.8, 4) is 0 Å². The van der Waals surface area contributed by atoms with Crippen LogP contribution >= 0.6 is 23.2 Å². The molecule has 122 valence electrons. The van der Waals surface area contributed by atoms with E-state index in [4.69, 9.17) is 23.2 Å². The van der Waals surface area contributed by atoms with Gasteiger partial charge in [-0.25, -0.2) is 0 Å². The van der Waals surface area contributed by atoms with Crippen LogP contribution in [0.4, 0.5) is 0 Å². The second-order valence-corrected chi connectivity index (χ2v) is 11.6. The Kier molecular flexibility index (Phi) is 8.80. The van der Waals surface area contributed by atoms with Gasteiger partial charge in [0.1, 0.15) is 0 Å². The van der Waals surface area contributed by atoms with Crippen LogP contribution in [0, 0.1) is 17.8 Å². The van der Waals surface area contributed by atoms with E-state index in [1.54, 1.807) is 0 Å². The zero-order valence-corrected chi connectivity index (χ0v) is 16.3. The first-order valence-corrected chi connectivity index (χ1v) is 11.9. The molecule has 0 N–H and O–H groups in total. The van der Waals surface area contributed by atoms with Gasteiger partial charge in [0, 0.05) is 0 Å². The molecule has 1 saturated carbocycles. The highest BCUT2D eigenvalue weighted by Gasteiger charge is 2.34. The average Bonchev–Trinajstić information content (AvgIpc) is 3.07. The Morgan fingerprint density at radius 2 is 1.52 bits per heavy atom. The predicted molar refractivity (Wildman–Crippen MR) is 99.2 cm³/mol. The zero-order chi connectivity index (χ0) is 14.9. The van der Waals surface area contributed by atoms with Crippen LogP contribution in [-0.4, -0.2) is 14.0 Å². The first kappa shape index (κ1) is 17.9. The molecule has 1 fully saturated rings. The van der Waals surface area contributed by atoms with Crippen molar-refractivity contribution in [1.29, 1.82) is 0 Å². The largest absolute Gasteiger partial charge is 0.110 e. The number of unbranched alkanes of at least 4 members (excludes halogenated alkanes) is 7. The molecule has 0 radical (unpaired) electrons. The van der Waals surface area contributed by atoms with Crippen molar-refractivity contribution in [2.75, 3.05) is 0 Å². The molecule has 0 nitrogen and oxygen atoms in total. The van der Waals surface area contributed by atoms with E-state index in [-0.39, 0.29) is 14.0 Å². The van der Waals surface area contributed by atoms with Crippen LogP contribution in [0.5, 0.6) is 0 Å². The van der Waals surface area contributed by atoms with Gasteiger partial charge in [-0.2, -0.15) is 0 Å². The van der Waals surface area contributed by atoms with Gasteiger partial charge in [0.05, 0.1) is 14.0 Å². The van der Waals surface area contributed by atoms with Gasteiger partial charge in [0.25, 0.3) is 0 Å². The van der Waals surface area contributed by atoms with E-state index in [2.05, 4.69) is 12.2 Å². The van der Waals surface area contributed by atoms with Crippen LogP contribution in [-0.2, 0) is 0 Å². The number of allylic oxidation sites excluding steroid dienone is 2.